The zero-order chi connectivity index (χ0) is 23.8. The number of carbonyl (C=O) groups excluding carboxylic acids is 1. The summed E-state index contributed by atoms with van der Waals surface area (Å²) >= 11 is 1.28. The number of hydrazone groups is 1. The van der Waals surface area contributed by atoms with Crippen molar-refractivity contribution in [3.05, 3.63) is 84.3 Å². The van der Waals surface area contributed by atoms with Gasteiger partial charge in [-0.2, -0.15) is 5.10 Å². The third-order valence-electron chi connectivity index (χ3n) is 4.76. The van der Waals surface area contributed by atoms with E-state index in [2.05, 4.69) is 20.7 Å². The molecule has 0 radical (unpaired) electrons. The van der Waals surface area contributed by atoms with E-state index >= 15 is 0 Å². The standard InChI is InChI=1S/C25H23N5O3S/c1-18-7-11-20(12-8-18)30-24(19-9-13-21(32-2)14-10-19)28-29-25(30)34-17-23(31)27-26-15-3-5-22-6-4-16-33-22/h3-16H,17H2,1-2H3,(H,27,31)/b5-3+,26-15-. The average molecular weight is 474 g/mol. The first-order valence-electron chi connectivity index (χ1n) is 10.5. The Hall–Kier alpha value is -4.11. The predicted octanol–water partition coefficient (Wildman–Crippen LogP) is 4.75. The largest absolute Gasteiger partial charge is 0.497 e. The Morgan fingerprint density at radius 1 is 1.15 bits per heavy atom. The van der Waals surface area contributed by atoms with Crippen molar-refractivity contribution in [1.29, 1.82) is 0 Å². The van der Waals surface area contributed by atoms with Gasteiger partial charge in [0.15, 0.2) is 11.0 Å². The molecule has 0 aliphatic carbocycles. The third kappa shape index (κ3) is 5.81. The number of rotatable bonds is 9. The SMILES string of the molecule is COc1ccc(-c2nnc(SCC(=O)N/N=C\C=C\c3ccco3)n2-c2ccc(C)cc2)cc1. The maximum Gasteiger partial charge on any atom is 0.250 e. The van der Waals surface area contributed by atoms with E-state index in [1.165, 1.54) is 18.0 Å². The normalized spacial score (nSPS) is 11.4. The molecule has 0 atom stereocenters. The highest BCUT2D eigenvalue weighted by Gasteiger charge is 2.17. The van der Waals surface area contributed by atoms with Crippen LogP contribution in [-0.2, 0) is 4.79 Å². The number of aryl methyl sites for hydroxylation is 1. The van der Waals surface area contributed by atoms with Crippen molar-refractivity contribution in [3.63, 3.8) is 0 Å². The number of nitrogens with one attached hydrogen (secondary N) is 1. The van der Waals surface area contributed by atoms with Crippen molar-refractivity contribution in [3.8, 4) is 22.8 Å². The van der Waals surface area contributed by atoms with Crippen LogP contribution in [0.25, 0.3) is 23.2 Å². The molecule has 1 N–H and O–H groups in total. The molecule has 2 heterocycles. The smallest absolute Gasteiger partial charge is 0.250 e. The Bertz CT molecular complexity index is 1280. The summed E-state index contributed by atoms with van der Waals surface area (Å²) in [5.41, 5.74) is 5.45. The van der Waals surface area contributed by atoms with Crippen LogP contribution in [0.15, 0.2) is 87.7 Å². The number of amides is 1. The van der Waals surface area contributed by atoms with E-state index in [0.29, 0.717) is 16.7 Å². The van der Waals surface area contributed by atoms with E-state index in [1.807, 2.05) is 66.1 Å². The van der Waals surface area contributed by atoms with Crippen molar-refractivity contribution >= 4 is 30.0 Å². The number of ether oxygens (including phenoxy) is 1. The molecule has 172 valence electrons. The molecular formula is C25H23N5O3S. The summed E-state index contributed by atoms with van der Waals surface area (Å²) in [6.07, 6.45) is 6.50. The molecule has 0 unspecified atom stereocenters. The minimum atomic E-state index is -0.253. The Morgan fingerprint density at radius 2 is 1.94 bits per heavy atom. The molecule has 0 aliphatic heterocycles. The van der Waals surface area contributed by atoms with Crippen LogP contribution < -0.4 is 10.2 Å². The second-order valence-electron chi connectivity index (χ2n) is 7.18. The lowest BCUT2D eigenvalue weighted by Crippen LogP contribution is -2.19. The zero-order valence-corrected chi connectivity index (χ0v) is 19.5. The summed E-state index contributed by atoms with van der Waals surface area (Å²) in [5.74, 6) is 2.02. The zero-order valence-electron chi connectivity index (χ0n) is 18.7. The molecule has 4 aromatic rings. The first-order chi connectivity index (χ1) is 16.6. The van der Waals surface area contributed by atoms with Gasteiger partial charge in [0.1, 0.15) is 11.5 Å². The molecule has 0 aliphatic rings. The summed E-state index contributed by atoms with van der Waals surface area (Å²) in [7, 11) is 1.63. The molecule has 0 saturated carbocycles. The first-order valence-corrected chi connectivity index (χ1v) is 11.4. The van der Waals surface area contributed by atoms with Crippen LogP contribution in [0.2, 0.25) is 0 Å². The summed E-state index contributed by atoms with van der Waals surface area (Å²) in [4.78, 5) is 12.3. The van der Waals surface area contributed by atoms with Crippen LogP contribution in [0.4, 0.5) is 0 Å². The summed E-state index contributed by atoms with van der Waals surface area (Å²) in [5, 5.41) is 13.3. The van der Waals surface area contributed by atoms with Crippen molar-refractivity contribution in [1.82, 2.24) is 20.2 Å². The number of hydrogen-bond acceptors (Lipinski definition) is 7. The topological polar surface area (TPSA) is 94.5 Å². The highest BCUT2D eigenvalue weighted by molar-refractivity contribution is 7.99. The predicted molar refractivity (Wildman–Crippen MR) is 133 cm³/mol. The van der Waals surface area contributed by atoms with Gasteiger partial charge in [-0.25, -0.2) is 5.43 Å². The van der Waals surface area contributed by atoms with E-state index in [4.69, 9.17) is 9.15 Å². The number of hydrogen-bond donors (Lipinski definition) is 1. The van der Waals surface area contributed by atoms with Crippen LogP contribution in [0, 0.1) is 6.92 Å². The number of carbonyl (C=O) groups is 1. The third-order valence-corrected chi connectivity index (χ3v) is 5.69. The van der Waals surface area contributed by atoms with Gasteiger partial charge in [0.2, 0.25) is 0 Å². The van der Waals surface area contributed by atoms with Gasteiger partial charge in [0, 0.05) is 17.5 Å². The highest BCUT2D eigenvalue weighted by Crippen LogP contribution is 2.29. The number of aromatic nitrogens is 3. The highest BCUT2D eigenvalue weighted by atomic mass is 32.2. The average Bonchev–Trinajstić information content (AvgIpc) is 3.53. The summed E-state index contributed by atoms with van der Waals surface area (Å²) in [6, 6.07) is 19.3. The molecule has 8 nitrogen and oxygen atoms in total. The molecule has 0 bridgehead atoms. The second kappa shape index (κ2) is 11.2. The number of thioether (sulfide) groups is 1. The van der Waals surface area contributed by atoms with Crippen LogP contribution in [-0.4, -0.2) is 39.7 Å². The Morgan fingerprint density at radius 3 is 2.65 bits per heavy atom. The van der Waals surface area contributed by atoms with Gasteiger partial charge in [0.25, 0.3) is 5.91 Å². The molecule has 2 aromatic heterocycles. The minimum absolute atomic E-state index is 0.131. The van der Waals surface area contributed by atoms with Crippen LogP contribution in [0.5, 0.6) is 5.75 Å². The number of furan rings is 1. The molecule has 2 aromatic carbocycles. The molecule has 9 heteroatoms. The van der Waals surface area contributed by atoms with E-state index in [0.717, 1.165) is 22.6 Å². The fourth-order valence-corrected chi connectivity index (χ4v) is 3.80. The van der Waals surface area contributed by atoms with Gasteiger partial charge in [0.05, 0.1) is 19.1 Å². The quantitative estimate of drug-likeness (QED) is 0.214. The van der Waals surface area contributed by atoms with Crippen LogP contribution >= 0.6 is 11.8 Å². The van der Waals surface area contributed by atoms with Gasteiger partial charge in [-0.3, -0.25) is 9.36 Å². The van der Waals surface area contributed by atoms with Gasteiger partial charge in [-0.15, -0.1) is 10.2 Å². The van der Waals surface area contributed by atoms with E-state index in [1.54, 1.807) is 31.6 Å². The molecule has 0 fully saturated rings. The lowest BCUT2D eigenvalue weighted by molar-refractivity contribution is -0.118. The molecule has 1 amide bonds. The van der Waals surface area contributed by atoms with Gasteiger partial charge in [-0.1, -0.05) is 29.5 Å². The maximum atomic E-state index is 12.3. The molecule has 34 heavy (non-hydrogen) atoms. The first kappa shape index (κ1) is 23.1. The lowest BCUT2D eigenvalue weighted by atomic mass is 10.2. The fraction of sp³-hybridized carbons (Fsp3) is 0.120. The van der Waals surface area contributed by atoms with Crippen LogP contribution in [0.3, 0.4) is 0 Å². The van der Waals surface area contributed by atoms with Gasteiger partial charge >= 0.3 is 0 Å². The molecule has 4 rings (SSSR count). The number of benzene rings is 2. The van der Waals surface area contributed by atoms with Crippen LogP contribution in [0.1, 0.15) is 11.3 Å². The molecule has 0 spiro atoms. The Labute approximate surface area is 201 Å². The monoisotopic (exact) mass is 473 g/mol. The van der Waals surface area contributed by atoms with Gasteiger partial charge in [-0.05, 0) is 67.6 Å². The van der Waals surface area contributed by atoms with E-state index < -0.39 is 0 Å². The van der Waals surface area contributed by atoms with Crippen molar-refractivity contribution in [2.24, 2.45) is 5.10 Å². The van der Waals surface area contributed by atoms with E-state index in [9.17, 15) is 4.79 Å². The number of nitrogens with zero attached hydrogens (tertiary/aromatic N) is 4. The van der Waals surface area contributed by atoms with Crippen molar-refractivity contribution in [2.75, 3.05) is 12.9 Å². The Balaban J connectivity index is 1.48. The fourth-order valence-electron chi connectivity index (χ4n) is 3.06. The summed E-state index contributed by atoms with van der Waals surface area (Å²) in [6.45, 7) is 2.03. The lowest BCUT2D eigenvalue weighted by Gasteiger charge is -2.11. The van der Waals surface area contributed by atoms with Crippen molar-refractivity contribution < 1.29 is 13.9 Å². The molecule has 0 saturated heterocycles. The molecular weight excluding hydrogens is 450 g/mol. The summed E-state index contributed by atoms with van der Waals surface area (Å²) < 4.78 is 12.4. The van der Waals surface area contributed by atoms with Crippen molar-refractivity contribution in [2.45, 2.75) is 12.1 Å². The minimum Gasteiger partial charge on any atom is -0.497 e. The van der Waals surface area contributed by atoms with E-state index in [-0.39, 0.29) is 11.7 Å². The Kier molecular flexibility index (Phi) is 7.56. The second-order valence-corrected chi connectivity index (χ2v) is 8.12. The number of allylic oxidation sites excluding steroid dienone is 1. The number of methoxy groups -OCH3 is 1. The maximum absolute atomic E-state index is 12.3. The van der Waals surface area contributed by atoms with Gasteiger partial charge < -0.3 is 9.15 Å².